The lowest BCUT2D eigenvalue weighted by Crippen LogP contribution is -2.06. The highest BCUT2D eigenvalue weighted by Crippen LogP contribution is 2.16. The molecule has 0 saturated heterocycles. The zero-order valence-electron chi connectivity index (χ0n) is 12.8. The van der Waals surface area contributed by atoms with E-state index in [1.54, 1.807) is 0 Å². The van der Waals surface area contributed by atoms with E-state index in [0.29, 0.717) is 24.3 Å². The van der Waals surface area contributed by atoms with Gasteiger partial charge in [-0.2, -0.15) is 0 Å². The van der Waals surface area contributed by atoms with E-state index in [0.717, 1.165) is 11.1 Å². The molecule has 0 aromatic heterocycles. The standard InChI is InChI=1S/C21H18O2/c22-21(18-11-5-2-6-12-18)20-14-8-7-13-19(20)16-23-15-17-9-3-1-4-10-17/h1-14H,15-16H2. The molecule has 0 aliphatic carbocycles. The van der Waals surface area contributed by atoms with E-state index in [1.165, 1.54) is 0 Å². The summed E-state index contributed by atoms with van der Waals surface area (Å²) in [6, 6.07) is 27.0. The average molecular weight is 302 g/mol. The number of rotatable bonds is 6. The third-order valence-corrected chi connectivity index (χ3v) is 3.67. The molecule has 0 bridgehead atoms. The van der Waals surface area contributed by atoms with Crippen molar-refractivity contribution in [1.82, 2.24) is 0 Å². The van der Waals surface area contributed by atoms with Crippen LogP contribution >= 0.6 is 0 Å². The molecule has 0 aliphatic heterocycles. The van der Waals surface area contributed by atoms with Crippen molar-refractivity contribution in [3.8, 4) is 0 Å². The lowest BCUT2D eigenvalue weighted by molar-refractivity contribution is 0.0991. The van der Waals surface area contributed by atoms with Crippen molar-refractivity contribution in [2.24, 2.45) is 0 Å². The highest BCUT2D eigenvalue weighted by atomic mass is 16.5. The zero-order valence-corrected chi connectivity index (χ0v) is 12.8. The van der Waals surface area contributed by atoms with Crippen LogP contribution in [0.2, 0.25) is 0 Å². The van der Waals surface area contributed by atoms with Crippen molar-refractivity contribution in [3.63, 3.8) is 0 Å². The van der Waals surface area contributed by atoms with E-state index >= 15 is 0 Å². The molecule has 0 amide bonds. The van der Waals surface area contributed by atoms with Gasteiger partial charge in [-0.1, -0.05) is 84.9 Å². The van der Waals surface area contributed by atoms with Crippen molar-refractivity contribution in [1.29, 1.82) is 0 Å². The van der Waals surface area contributed by atoms with Crippen molar-refractivity contribution in [2.75, 3.05) is 0 Å². The van der Waals surface area contributed by atoms with E-state index in [9.17, 15) is 4.79 Å². The van der Waals surface area contributed by atoms with Gasteiger partial charge in [0.15, 0.2) is 5.78 Å². The molecular weight excluding hydrogens is 284 g/mol. The van der Waals surface area contributed by atoms with Gasteiger partial charge in [0.05, 0.1) is 13.2 Å². The third-order valence-electron chi connectivity index (χ3n) is 3.67. The maximum Gasteiger partial charge on any atom is 0.193 e. The minimum atomic E-state index is 0.0320. The van der Waals surface area contributed by atoms with Gasteiger partial charge in [-0.05, 0) is 11.1 Å². The van der Waals surface area contributed by atoms with Crippen LogP contribution in [0.4, 0.5) is 0 Å². The van der Waals surface area contributed by atoms with E-state index in [-0.39, 0.29) is 5.78 Å². The summed E-state index contributed by atoms with van der Waals surface area (Å²) < 4.78 is 5.78. The fraction of sp³-hybridized carbons (Fsp3) is 0.0952. The van der Waals surface area contributed by atoms with Crippen LogP contribution in [0.3, 0.4) is 0 Å². The predicted molar refractivity (Wildman–Crippen MR) is 91.3 cm³/mol. The van der Waals surface area contributed by atoms with Gasteiger partial charge in [0, 0.05) is 11.1 Å². The molecule has 3 aromatic rings. The van der Waals surface area contributed by atoms with E-state index in [2.05, 4.69) is 0 Å². The molecule has 0 fully saturated rings. The maximum absolute atomic E-state index is 12.6. The Labute approximate surface area is 136 Å². The van der Waals surface area contributed by atoms with Crippen molar-refractivity contribution < 1.29 is 9.53 Å². The number of carbonyl (C=O) groups is 1. The molecule has 0 aliphatic rings. The highest BCUT2D eigenvalue weighted by molar-refractivity contribution is 6.09. The normalized spacial score (nSPS) is 10.4. The molecule has 0 spiro atoms. The van der Waals surface area contributed by atoms with Gasteiger partial charge in [-0.25, -0.2) is 0 Å². The summed E-state index contributed by atoms with van der Waals surface area (Å²) in [5.74, 6) is 0.0320. The van der Waals surface area contributed by atoms with Gasteiger partial charge in [-0.3, -0.25) is 4.79 Å². The molecule has 0 unspecified atom stereocenters. The van der Waals surface area contributed by atoms with Gasteiger partial charge < -0.3 is 4.74 Å². The van der Waals surface area contributed by atoms with Crippen LogP contribution in [-0.2, 0) is 18.0 Å². The first-order valence-corrected chi connectivity index (χ1v) is 7.64. The molecule has 114 valence electrons. The molecule has 0 heterocycles. The summed E-state index contributed by atoms with van der Waals surface area (Å²) in [6.07, 6.45) is 0. The molecule has 0 saturated carbocycles. The molecule has 0 radical (unpaired) electrons. The van der Waals surface area contributed by atoms with Crippen LogP contribution in [0.5, 0.6) is 0 Å². The Balaban J connectivity index is 1.72. The smallest absolute Gasteiger partial charge is 0.193 e. The van der Waals surface area contributed by atoms with E-state index in [4.69, 9.17) is 4.74 Å². The largest absolute Gasteiger partial charge is 0.372 e. The summed E-state index contributed by atoms with van der Waals surface area (Å²) in [7, 11) is 0. The van der Waals surface area contributed by atoms with Crippen LogP contribution in [0.25, 0.3) is 0 Å². The molecule has 0 N–H and O–H groups in total. The SMILES string of the molecule is O=C(c1ccccc1)c1ccccc1COCc1ccccc1. The summed E-state index contributed by atoms with van der Waals surface area (Å²) in [4.78, 5) is 12.6. The maximum atomic E-state index is 12.6. The minimum absolute atomic E-state index is 0.0320. The number of carbonyl (C=O) groups excluding carboxylic acids is 1. The Bertz CT molecular complexity index is 764. The van der Waals surface area contributed by atoms with Crippen LogP contribution in [0, 0.1) is 0 Å². The van der Waals surface area contributed by atoms with Gasteiger partial charge in [0.1, 0.15) is 0 Å². The van der Waals surface area contributed by atoms with Crippen LogP contribution in [-0.4, -0.2) is 5.78 Å². The first-order chi connectivity index (χ1) is 11.3. The summed E-state index contributed by atoms with van der Waals surface area (Å²) in [5, 5.41) is 0. The van der Waals surface area contributed by atoms with Crippen LogP contribution in [0.1, 0.15) is 27.0 Å². The fourth-order valence-corrected chi connectivity index (χ4v) is 2.47. The summed E-state index contributed by atoms with van der Waals surface area (Å²) in [6.45, 7) is 0.957. The Morgan fingerprint density at radius 3 is 2.04 bits per heavy atom. The number of hydrogen-bond donors (Lipinski definition) is 0. The van der Waals surface area contributed by atoms with Gasteiger partial charge >= 0.3 is 0 Å². The lowest BCUT2D eigenvalue weighted by Gasteiger charge is -2.10. The second-order valence-electron chi connectivity index (χ2n) is 5.33. The third kappa shape index (κ3) is 3.93. The zero-order chi connectivity index (χ0) is 15.9. The van der Waals surface area contributed by atoms with Crippen molar-refractivity contribution >= 4 is 5.78 Å². The van der Waals surface area contributed by atoms with Crippen LogP contribution < -0.4 is 0 Å². The minimum Gasteiger partial charge on any atom is -0.372 e. The number of ketones is 1. The predicted octanol–water partition coefficient (Wildman–Crippen LogP) is 4.63. The molecular formula is C21H18O2. The average Bonchev–Trinajstić information content (AvgIpc) is 2.63. The molecule has 3 aromatic carbocycles. The van der Waals surface area contributed by atoms with Crippen LogP contribution in [0.15, 0.2) is 84.9 Å². The second-order valence-corrected chi connectivity index (χ2v) is 5.33. The number of benzene rings is 3. The second kappa shape index (κ2) is 7.52. The molecule has 23 heavy (non-hydrogen) atoms. The Hall–Kier alpha value is -2.71. The molecule has 2 heteroatoms. The lowest BCUT2D eigenvalue weighted by atomic mass is 9.99. The quantitative estimate of drug-likeness (QED) is 0.620. The summed E-state index contributed by atoms with van der Waals surface area (Å²) >= 11 is 0. The number of ether oxygens (including phenoxy) is 1. The first kappa shape index (κ1) is 15.2. The van der Waals surface area contributed by atoms with Gasteiger partial charge in [-0.15, -0.1) is 0 Å². The Morgan fingerprint density at radius 2 is 1.30 bits per heavy atom. The Morgan fingerprint density at radius 1 is 0.696 bits per heavy atom. The van der Waals surface area contributed by atoms with Crippen molar-refractivity contribution in [2.45, 2.75) is 13.2 Å². The molecule has 2 nitrogen and oxygen atoms in total. The monoisotopic (exact) mass is 302 g/mol. The van der Waals surface area contributed by atoms with E-state index in [1.807, 2.05) is 84.9 Å². The topological polar surface area (TPSA) is 26.3 Å². The fourth-order valence-electron chi connectivity index (χ4n) is 2.47. The summed E-state index contributed by atoms with van der Waals surface area (Å²) in [5.41, 5.74) is 3.44. The van der Waals surface area contributed by atoms with Gasteiger partial charge in [0.25, 0.3) is 0 Å². The van der Waals surface area contributed by atoms with E-state index < -0.39 is 0 Å². The molecule has 0 atom stereocenters. The number of hydrogen-bond acceptors (Lipinski definition) is 2. The van der Waals surface area contributed by atoms with Gasteiger partial charge in [0.2, 0.25) is 0 Å². The first-order valence-electron chi connectivity index (χ1n) is 7.64. The molecule has 3 rings (SSSR count). The Kier molecular flexibility index (Phi) is 4.97. The highest BCUT2D eigenvalue weighted by Gasteiger charge is 2.12. The van der Waals surface area contributed by atoms with Crippen molar-refractivity contribution in [3.05, 3.63) is 107 Å².